The number of carbonyl (C=O) groups excluding carboxylic acids is 1. The van der Waals surface area contributed by atoms with Crippen LogP contribution in [0.2, 0.25) is 5.02 Å². The molecule has 0 atom stereocenters. The van der Waals surface area contributed by atoms with Crippen LogP contribution in [0.3, 0.4) is 0 Å². The smallest absolute Gasteiger partial charge is 0.350 e. The third-order valence-electron chi connectivity index (χ3n) is 2.39. The van der Waals surface area contributed by atoms with E-state index >= 15 is 0 Å². The number of hydrogen-bond acceptors (Lipinski definition) is 3. The van der Waals surface area contributed by atoms with Gasteiger partial charge in [0.25, 0.3) is 0 Å². The van der Waals surface area contributed by atoms with E-state index in [-0.39, 0.29) is 24.8 Å². The summed E-state index contributed by atoms with van der Waals surface area (Å²) in [6, 6.07) is 6.94. The predicted molar refractivity (Wildman–Crippen MR) is 61.8 cm³/mol. The number of methoxy groups -OCH3 is 1. The van der Waals surface area contributed by atoms with Crippen LogP contribution in [-0.2, 0) is 9.53 Å². The molecule has 0 bridgehead atoms. The van der Waals surface area contributed by atoms with Crippen molar-refractivity contribution >= 4 is 36.4 Å². The molecule has 1 aliphatic rings. The van der Waals surface area contributed by atoms with Crippen molar-refractivity contribution in [3.63, 3.8) is 0 Å². The fraction of sp³-hybridized carbons (Fsp3) is 0.364. The first-order valence-corrected chi connectivity index (χ1v) is 5.07. The molecule has 5 heteroatoms. The zero-order valence-corrected chi connectivity index (χ0v) is 10.1. The van der Waals surface area contributed by atoms with Gasteiger partial charge >= 0.3 is 5.97 Å². The van der Waals surface area contributed by atoms with Gasteiger partial charge in [0.1, 0.15) is 5.75 Å². The number of halogens is 1. The SMILES string of the molecule is COC(=O)C1(Oc2ccc(Cl)cc2)CC1.[Li]. The summed E-state index contributed by atoms with van der Waals surface area (Å²) in [5.41, 5.74) is -0.747. The second kappa shape index (κ2) is 5.14. The Hall–Kier alpha value is -0.623. The van der Waals surface area contributed by atoms with Crippen LogP contribution in [0.5, 0.6) is 5.75 Å². The van der Waals surface area contributed by atoms with Gasteiger partial charge in [-0.1, -0.05) is 11.6 Å². The van der Waals surface area contributed by atoms with E-state index in [0.29, 0.717) is 23.6 Å². The van der Waals surface area contributed by atoms with E-state index in [2.05, 4.69) is 4.74 Å². The van der Waals surface area contributed by atoms with E-state index in [1.807, 2.05) is 0 Å². The molecule has 0 unspecified atom stereocenters. The molecule has 1 fully saturated rings. The van der Waals surface area contributed by atoms with Crippen molar-refractivity contribution < 1.29 is 14.3 Å². The first-order valence-electron chi connectivity index (χ1n) is 4.69. The van der Waals surface area contributed by atoms with Gasteiger partial charge in [-0.05, 0) is 24.3 Å². The van der Waals surface area contributed by atoms with Gasteiger partial charge in [-0.3, -0.25) is 0 Å². The molecule has 0 saturated heterocycles. The fourth-order valence-electron chi connectivity index (χ4n) is 1.38. The van der Waals surface area contributed by atoms with Crippen LogP contribution in [0, 0.1) is 0 Å². The molecule has 81 valence electrons. The summed E-state index contributed by atoms with van der Waals surface area (Å²) in [5.74, 6) is 0.333. The van der Waals surface area contributed by atoms with Crippen molar-refractivity contribution in [3.8, 4) is 5.75 Å². The van der Waals surface area contributed by atoms with Crippen LogP contribution in [0.25, 0.3) is 0 Å². The van der Waals surface area contributed by atoms with Gasteiger partial charge in [0, 0.05) is 36.7 Å². The molecule has 1 saturated carbocycles. The van der Waals surface area contributed by atoms with Crippen LogP contribution >= 0.6 is 11.6 Å². The normalized spacial score (nSPS) is 15.9. The Morgan fingerprint density at radius 3 is 2.31 bits per heavy atom. The third-order valence-corrected chi connectivity index (χ3v) is 2.64. The van der Waals surface area contributed by atoms with Gasteiger partial charge in [0.05, 0.1) is 7.11 Å². The molecule has 0 aliphatic heterocycles. The van der Waals surface area contributed by atoms with Gasteiger partial charge in [0.15, 0.2) is 0 Å². The third kappa shape index (κ3) is 2.73. The topological polar surface area (TPSA) is 35.5 Å². The Balaban J connectivity index is 0.00000128. The Morgan fingerprint density at radius 1 is 1.31 bits per heavy atom. The average Bonchev–Trinajstić information content (AvgIpc) is 3.01. The molecular formula is C11H11ClLiO3. The number of esters is 1. The van der Waals surface area contributed by atoms with Crippen molar-refractivity contribution in [2.75, 3.05) is 7.11 Å². The first kappa shape index (κ1) is 13.4. The zero-order chi connectivity index (χ0) is 10.9. The Labute approximate surface area is 111 Å². The van der Waals surface area contributed by atoms with E-state index in [1.54, 1.807) is 24.3 Å². The molecule has 0 aromatic heterocycles. The zero-order valence-electron chi connectivity index (χ0n) is 9.33. The molecular weight excluding hydrogens is 223 g/mol. The summed E-state index contributed by atoms with van der Waals surface area (Å²) >= 11 is 5.74. The number of hydrogen-bond donors (Lipinski definition) is 0. The predicted octanol–water partition coefficient (Wildman–Crippen LogP) is 2.04. The minimum atomic E-state index is -0.747. The molecule has 0 N–H and O–H groups in total. The maximum Gasteiger partial charge on any atom is 0.350 e. The number of carbonyl (C=O) groups is 1. The molecule has 1 aromatic rings. The van der Waals surface area contributed by atoms with Crippen molar-refractivity contribution in [3.05, 3.63) is 29.3 Å². The minimum Gasteiger partial charge on any atom is -0.476 e. The molecule has 2 rings (SSSR count). The van der Waals surface area contributed by atoms with Gasteiger partial charge in [-0.15, -0.1) is 0 Å². The average molecular weight is 234 g/mol. The molecule has 0 spiro atoms. The number of benzene rings is 1. The molecule has 16 heavy (non-hydrogen) atoms. The molecule has 1 aliphatic carbocycles. The van der Waals surface area contributed by atoms with Crippen molar-refractivity contribution in [2.24, 2.45) is 0 Å². The quantitative estimate of drug-likeness (QED) is 0.592. The maximum atomic E-state index is 11.4. The van der Waals surface area contributed by atoms with Crippen LogP contribution in [0.15, 0.2) is 24.3 Å². The van der Waals surface area contributed by atoms with Crippen molar-refractivity contribution in [1.29, 1.82) is 0 Å². The maximum absolute atomic E-state index is 11.4. The standard InChI is InChI=1S/C11H11ClO3.Li/c1-14-10(13)11(6-7-11)15-9-4-2-8(12)3-5-9;/h2-5H,6-7H2,1H3;. The first-order chi connectivity index (χ1) is 7.16. The number of ether oxygens (including phenoxy) is 2. The summed E-state index contributed by atoms with van der Waals surface area (Å²) in [6.45, 7) is 0. The molecule has 1 radical (unpaired) electrons. The van der Waals surface area contributed by atoms with E-state index in [9.17, 15) is 4.79 Å². The summed E-state index contributed by atoms with van der Waals surface area (Å²) in [5, 5.41) is 0.644. The van der Waals surface area contributed by atoms with E-state index < -0.39 is 5.60 Å². The van der Waals surface area contributed by atoms with E-state index in [4.69, 9.17) is 16.3 Å². The summed E-state index contributed by atoms with van der Waals surface area (Å²) < 4.78 is 10.3. The summed E-state index contributed by atoms with van der Waals surface area (Å²) in [4.78, 5) is 11.4. The summed E-state index contributed by atoms with van der Waals surface area (Å²) in [6.07, 6.45) is 1.42. The van der Waals surface area contributed by atoms with Crippen LogP contribution < -0.4 is 4.74 Å². The Bertz CT molecular complexity index is 373. The monoisotopic (exact) mass is 233 g/mol. The summed E-state index contributed by atoms with van der Waals surface area (Å²) in [7, 11) is 1.37. The van der Waals surface area contributed by atoms with Crippen LogP contribution in [0.4, 0.5) is 0 Å². The van der Waals surface area contributed by atoms with Gasteiger partial charge in [-0.2, -0.15) is 0 Å². The Kier molecular flexibility index (Phi) is 4.32. The molecule has 1 aromatic carbocycles. The van der Waals surface area contributed by atoms with Crippen molar-refractivity contribution in [2.45, 2.75) is 18.4 Å². The van der Waals surface area contributed by atoms with Crippen LogP contribution in [-0.4, -0.2) is 37.5 Å². The number of rotatable bonds is 3. The molecule has 0 amide bonds. The van der Waals surface area contributed by atoms with Gasteiger partial charge in [-0.25, -0.2) is 4.79 Å². The molecule has 3 nitrogen and oxygen atoms in total. The van der Waals surface area contributed by atoms with E-state index in [0.717, 1.165) is 0 Å². The van der Waals surface area contributed by atoms with Crippen LogP contribution in [0.1, 0.15) is 12.8 Å². The van der Waals surface area contributed by atoms with Gasteiger partial charge < -0.3 is 9.47 Å². The molecule has 0 heterocycles. The van der Waals surface area contributed by atoms with Gasteiger partial charge in [0.2, 0.25) is 5.60 Å². The largest absolute Gasteiger partial charge is 0.476 e. The Morgan fingerprint density at radius 2 is 1.88 bits per heavy atom. The second-order valence-corrected chi connectivity index (χ2v) is 3.98. The van der Waals surface area contributed by atoms with E-state index in [1.165, 1.54) is 7.11 Å². The minimum absolute atomic E-state index is 0. The fourth-order valence-corrected chi connectivity index (χ4v) is 1.50. The second-order valence-electron chi connectivity index (χ2n) is 3.54. The van der Waals surface area contributed by atoms with Crippen molar-refractivity contribution in [1.82, 2.24) is 0 Å².